The summed E-state index contributed by atoms with van der Waals surface area (Å²) >= 11 is 1.63. The lowest BCUT2D eigenvalue weighted by atomic mass is 10.4. The molecule has 0 atom stereocenters. The van der Waals surface area contributed by atoms with Crippen molar-refractivity contribution in [1.29, 1.82) is 0 Å². The number of thiazole rings is 1. The summed E-state index contributed by atoms with van der Waals surface area (Å²) in [5.74, 6) is 0.746. The molecule has 0 amide bonds. The van der Waals surface area contributed by atoms with Gasteiger partial charge in [-0.1, -0.05) is 0 Å². The number of guanidine groups is 1. The fraction of sp³-hybridized carbons (Fsp3) is 0.462. The van der Waals surface area contributed by atoms with Crippen molar-refractivity contribution in [3.63, 3.8) is 0 Å². The van der Waals surface area contributed by atoms with Gasteiger partial charge in [0, 0.05) is 39.8 Å². The minimum absolute atomic E-state index is 0.648. The number of aryl methyl sites for hydroxylation is 1. The number of anilines is 1. The molecule has 0 unspecified atom stereocenters. The Bertz CT molecular complexity index is 599. The zero-order valence-corrected chi connectivity index (χ0v) is 13.6. The maximum absolute atomic E-state index is 4.53. The van der Waals surface area contributed by atoms with Gasteiger partial charge in [0.05, 0.1) is 24.5 Å². The molecule has 114 valence electrons. The maximum Gasteiger partial charge on any atom is 0.191 e. The van der Waals surface area contributed by atoms with Crippen LogP contribution >= 0.6 is 11.3 Å². The van der Waals surface area contributed by atoms with Crippen molar-refractivity contribution in [1.82, 2.24) is 25.4 Å². The van der Waals surface area contributed by atoms with E-state index in [1.54, 1.807) is 24.6 Å². The van der Waals surface area contributed by atoms with E-state index in [9.17, 15) is 0 Å². The first kappa shape index (κ1) is 15.3. The summed E-state index contributed by atoms with van der Waals surface area (Å²) in [4.78, 5) is 10.7. The van der Waals surface area contributed by atoms with Crippen LogP contribution in [-0.2, 0) is 20.1 Å². The van der Waals surface area contributed by atoms with Crippen LogP contribution in [0.2, 0.25) is 0 Å². The molecule has 8 heteroatoms. The summed E-state index contributed by atoms with van der Waals surface area (Å²) in [7, 11) is 7.66. The van der Waals surface area contributed by atoms with Crippen LogP contribution in [0.3, 0.4) is 0 Å². The highest BCUT2D eigenvalue weighted by atomic mass is 32.1. The van der Waals surface area contributed by atoms with Crippen molar-refractivity contribution < 1.29 is 0 Å². The second kappa shape index (κ2) is 7.07. The van der Waals surface area contributed by atoms with Gasteiger partial charge in [-0.25, -0.2) is 4.98 Å². The topological polar surface area (TPSA) is 70.4 Å². The molecule has 2 heterocycles. The monoisotopic (exact) mass is 307 g/mol. The Hall–Kier alpha value is -2.09. The van der Waals surface area contributed by atoms with Crippen LogP contribution in [0, 0.1) is 0 Å². The van der Waals surface area contributed by atoms with E-state index in [1.165, 1.54) is 0 Å². The van der Waals surface area contributed by atoms with Crippen LogP contribution in [0.25, 0.3) is 0 Å². The Morgan fingerprint density at radius 1 is 1.38 bits per heavy atom. The third-order valence-corrected chi connectivity index (χ3v) is 4.00. The number of nitrogens with zero attached hydrogens (tertiary/aromatic N) is 5. The van der Waals surface area contributed by atoms with Gasteiger partial charge in [0.1, 0.15) is 0 Å². The van der Waals surface area contributed by atoms with Crippen LogP contribution < -0.4 is 15.5 Å². The van der Waals surface area contributed by atoms with Crippen LogP contribution in [0.1, 0.15) is 11.4 Å². The molecular formula is C13H21N7S. The van der Waals surface area contributed by atoms with E-state index in [-0.39, 0.29) is 0 Å². The summed E-state index contributed by atoms with van der Waals surface area (Å²) in [6.07, 6.45) is 1.78. The Labute approximate surface area is 128 Å². The van der Waals surface area contributed by atoms with Crippen molar-refractivity contribution >= 4 is 22.4 Å². The largest absolute Gasteiger partial charge is 0.354 e. The van der Waals surface area contributed by atoms with Gasteiger partial charge in [-0.2, -0.15) is 5.10 Å². The summed E-state index contributed by atoms with van der Waals surface area (Å²) < 4.78 is 1.84. The molecule has 21 heavy (non-hydrogen) atoms. The molecule has 0 saturated heterocycles. The highest BCUT2D eigenvalue weighted by Crippen LogP contribution is 2.17. The van der Waals surface area contributed by atoms with Crippen LogP contribution in [0.5, 0.6) is 0 Å². The number of hydrogen-bond acceptors (Lipinski definition) is 5. The van der Waals surface area contributed by atoms with Gasteiger partial charge in [-0.3, -0.25) is 9.67 Å². The Kier molecular flexibility index (Phi) is 5.15. The first-order valence-corrected chi connectivity index (χ1v) is 7.51. The highest BCUT2D eigenvalue weighted by Gasteiger charge is 2.05. The summed E-state index contributed by atoms with van der Waals surface area (Å²) in [5, 5.41) is 13.7. The van der Waals surface area contributed by atoms with Gasteiger partial charge in [-0.05, 0) is 6.07 Å². The van der Waals surface area contributed by atoms with E-state index < -0.39 is 0 Å². The fourth-order valence-electron chi connectivity index (χ4n) is 1.73. The fourth-order valence-corrected chi connectivity index (χ4v) is 2.49. The van der Waals surface area contributed by atoms with Crippen molar-refractivity contribution in [2.75, 3.05) is 26.0 Å². The zero-order valence-electron chi connectivity index (χ0n) is 12.8. The molecule has 0 aromatic carbocycles. The second-order valence-corrected chi connectivity index (χ2v) is 5.58. The van der Waals surface area contributed by atoms with Crippen molar-refractivity contribution in [2.24, 2.45) is 12.0 Å². The molecule has 2 rings (SSSR count). The first-order chi connectivity index (χ1) is 10.1. The lowest BCUT2D eigenvalue weighted by Crippen LogP contribution is -2.36. The minimum Gasteiger partial charge on any atom is -0.354 e. The van der Waals surface area contributed by atoms with Crippen LogP contribution in [-0.4, -0.2) is 41.9 Å². The number of hydrogen-bond donors (Lipinski definition) is 2. The molecule has 0 bridgehead atoms. The van der Waals surface area contributed by atoms with Crippen molar-refractivity contribution in [3.05, 3.63) is 29.0 Å². The van der Waals surface area contributed by atoms with Gasteiger partial charge in [0.15, 0.2) is 11.1 Å². The normalized spacial score (nSPS) is 11.5. The number of nitrogens with one attached hydrogen (secondary N) is 2. The summed E-state index contributed by atoms with van der Waals surface area (Å²) in [5.41, 5.74) is 2.11. The number of aliphatic imine (C=N–C) groups is 1. The Balaban J connectivity index is 1.83. The third kappa shape index (κ3) is 4.19. The molecule has 0 radical (unpaired) electrons. The third-order valence-electron chi connectivity index (χ3n) is 2.94. The average Bonchev–Trinajstić information content (AvgIpc) is 3.08. The molecular weight excluding hydrogens is 286 g/mol. The molecule has 0 aliphatic rings. The van der Waals surface area contributed by atoms with Gasteiger partial charge in [-0.15, -0.1) is 11.3 Å². The predicted molar refractivity (Wildman–Crippen MR) is 86.7 cm³/mol. The van der Waals surface area contributed by atoms with Crippen LogP contribution in [0.15, 0.2) is 22.6 Å². The van der Waals surface area contributed by atoms with Gasteiger partial charge < -0.3 is 15.5 Å². The standard InChI is InChI=1S/C13H21N7S/c1-14-12(16-8-11-5-6-17-20(11)4)15-7-10-9-21-13(18-10)19(2)3/h5-6,9H,7-8H2,1-4H3,(H2,14,15,16). The predicted octanol–water partition coefficient (Wildman–Crippen LogP) is 0.808. The van der Waals surface area contributed by atoms with E-state index in [2.05, 4.69) is 31.1 Å². The lowest BCUT2D eigenvalue weighted by molar-refractivity contribution is 0.683. The second-order valence-electron chi connectivity index (χ2n) is 4.74. The Morgan fingerprint density at radius 2 is 2.14 bits per heavy atom. The summed E-state index contributed by atoms with van der Waals surface area (Å²) in [6.45, 7) is 1.32. The average molecular weight is 307 g/mol. The molecule has 0 fully saturated rings. The van der Waals surface area contributed by atoms with E-state index in [0.29, 0.717) is 13.1 Å². The molecule has 2 aromatic heterocycles. The first-order valence-electron chi connectivity index (χ1n) is 6.63. The Morgan fingerprint density at radius 3 is 2.71 bits per heavy atom. The minimum atomic E-state index is 0.648. The molecule has 0 aliphatic heterocycles. The number of rotatable bonds is 5. The SMILES string of the molecule is CN=C(NCc1csc(N(C)C)n1)NCc1ccnn1C. The molecule has 2 N–H and O–H groups in total. The van der Waals surface area contributed by atoms with E-state index in [1.807, 2.05) is 36.8 Å². The maximum atomic E-state index is 4.53. The lowest BCUT2D eigenvalue weighted by Gasteiger charge is -2.11. The molecule has 0 saturated carbocycles. The molecule has 2 aromatic rings. The van der Waals surface area contributed by atoms with E-state index >= 15 is 0 Å². The van der Waals surface area contributed by atoms with Gasteiger partial charge >= 0.3 is 0 Å². The summed E-state index contributed by atoms with van der Waals surface area (Å²) in [6, 6.07) is 1.98. The van der Waals surface area contributed by atoms with Gasteiger partial charge in [0.2, 0.25) is 0 Å². The van der Waals surface area contributed by atoms with Gasteiger partial charge in [0.25, 0.3) is 0 Å². The molecule has 0 spiro atoms. The molecule has 7 nitrogen and oxygen atoms in total. The van der Waals surface area contributed by atoms with E-state index in [4.69, 9.17) is 0 Å². The zero-order chi connectivity index (χ0) is 15.2. The highest BCUT2D eigenvalue weighted by molar-refractivity contribution is 7.13. The van der Waals surface area contributed by atoms with E-state index in [0.717, 1.165) is 22.5 Å². The molecule has 0 aliphatic carbocycles. The smallest absolute Gasteiger partial charge is 0.191 e. The van der Waals surface area contributed by atoms with Crippen molar-refractivity contribution in [2.45, 2.75) is 13.1 Å². The van der Waals surface area contributed by atoms with Crippen LogP contribution in [0.4, 0.5) is 5.13 Å². The quantitative estimate of drug-likeness (QED) is 0.632. The van der Waals surface area contributed by atoms with Crippen molar-refractivity contribution in [3.8, 4) is 0 Å². The number of aromatic nitrogens is 3.